The lowest BCUT2D eigenvalue weighted by Crippen LogP contribution is -2.58. The quantitative estimate of drug-likeness (QED) is 0.756. The van der Waals surface area contributed by atoms with Crippen LogP contribution in [0.5, 0.6) is 0 Å². The Bertz CT molecular complexity index is 369. The number of nitrogens with one attached hydrogen (secondary N) is 1. The van der Waals surface area contributed by atoms with Crippen molar-refractivity contribution >= 4 is 15.7 Å². The van der Waals surface area contributed by atoms with Crippen LogP contribution in [-0.2, 0) is 10.3 Å². The van der Waals surface area contributed by atoms with Gasteiger partial charge in [-0.2, -0.15) is 8.42 Å². The van der Waals surface area contributed by atoms with Gasteiger partial charge in [0, 0.05) is 17.5 Å². The van der Waals surface area contributed by atoms with Crippen molar-refractivity contribution < 1.29 is 8.42 Å². The molecule has 4 fully saturated rings. The van der Waals surface area contributed by atoms with E-state index in [9.17, 15) is 8.42 Å². The van der Waals surface area contributed by atoms with Gasteiger partial charge >= 0.3 is 0 Å². The molecule has 4 saturated carbocycles. The van der Waals surface area contributed by atoms with E-state index >= 15 is 0 Å². The van der Waals surface area contributed by atoms with Gasteiger partial charge < -0.3 is 5.32 Å². The Hall–Kier alpha value is -0.350. The summed E-state index contributed by atoms with van der Waals surface area (Å²) in [6.07, 6.45) is 8.11. The Morgan fingerprint density at radius 1 is 1.06 bits per heavy atom. The van der Waals surface area contributed by atoms with Crippen LogP contribution in [-0.4, -0.2) is 25.9 Å². The maximum Gasteiger partial charge on any atom is 0.211 e. The minimum Gasteiger partial charge on any atom is -0.307 e. The molecule has 0 heterocycles. The SMILES string of the molecule is O=S(=O)=CCNC12CC3CC(CC(C3)C1)C2. The summed E-state index contributed by atoms with van der Waals surface area (Å²) in [4.78, 5) is 0. The second-order valence-corrected chi connectivity index (χ2v) is 6.86. The lowest BCUT2D eigenvalue weighted by atomic mass is 9.53. The second kappa shape index (κ2) is 3.84. The van der Waals surface area contributed by atoms with E-state index in [1.54, 1.807) is 0 Å². The summed E-state index contributed by atoms with van der Waals surface area (Å²) in [6.45, 7) is 0.516. The van der Waals surface area contributed by atoms with E-state index in [1.807, 2.05) is 0 Å². The molecule has 0 spiro atoms. The summed E-state index contributed by atoms with van der Waals surface area (Å²) in [7, 11) is -2.02. The first-order valence-corrected chi connectivity index (χ1v) is 7.45. The van der Waals surface area contributed by atoms with E-state index in [1.165, 1.54) is 43.9 Å². The molecule has 0 saturated heterocycles. The third-order valence-electron chi connectivity index (χ3n) is 4.73. The highest BCUT2D eigenvalue weighted by Crippen LogP contribution is 2.55. The molecule has 4 aliphatic rings. The minimum atomic E-state index is -2.02. The zero-order valence-electron chi connectivity index (χ0n) is 9.48. The largest absolute Gasteiger partial charge is 0.307 e. The third-order valence-corrected chi connectivity index (χ3v) is 5.17. The van der Waals surface area contributed by atoms with Crippen molar-refractivity contribution in [3.8, 4) is 0 Å². The van der Waals surface area contributed by atoms with E-state index in [0.717, 1.165) is 17.8 Å². The predicted octanol–water partition coefficient (Wildman–Crippen LogP) is 1.23. The van der Waals surface area contributed by atoms with Crippen LogP contribution in [0.3, 0.4) is 0 Å². The molecule has 90 valence electrons. The summed E-state index contributed by atoms with van der Waals surface area (Å²) in [6, 6.07) is 0. The molecule has 3 nitrogen and oxygen atoms in total. The van der Waals surface area contributed by atoms with Gasteiger partial charge in [0.1, 0.15) is 0 Å². The molecule has 0 aliphatic heterocycles. The van der Waals surface area contributed by atoms with E-state index < -0.39 is 10.3 Å². The number of rotatable bonds is 3. The van der Waals surface area contributed by atoms with Gasteiger partial charge in [0.25, 0.3) is 0 Å². The van der Waals surface area contributed by atoms with E-state index in [0.29, 0.717) is 6.54 Å². The van der Waals surface area contributed by atoms with E-state index in [2.05, 4.69) is 5.32 Å². The van der Waals surface area contributed by atoms with Crippen molar-refractivity contribution in [2.45, 2.75) is 44.1 Å². The lowest BCUT2D eigenvalue weighted by molar-refractivity contribution is -0.0171. The molecule has 0 radical (unpaired) electrons. The van der Waals surface area contributed by atoms with Crippen LogP contribution >= 0.6 is 0 Å². The minimum absolute atomic E-state index is 0.282. The molecule has 0 atom stereocenters. The zero-order chi connectivity index (χ0) is 11.2. The van der Waals surface area contributed by atoms with E-state index in [4.69, 9.17) is 0 Å². The Morgan fingerprint density at radius 2 is 1.56 bits per heavy atom. The molecule has 0 amide bonds. The average Bonchev–Trinajstić information content (AvgIpc) is 2.13. The van der Waals surface area contributed by atoms with E-state index in [-0.39, 0.29) is 5.54 Å². The summed E-state index contributed by atoms with van der Waals surface area (Å²) in [5.74, 6) is 2.74. The van der Waals surface area contributed by atoms with Crippen molar-refractivity contribution in [2.75, 3.05) is 6.54 Å². The summed E-state index contributed by atoms with van der Waals surface area (Å²) >= 11 is 0. The fraction of sp³-hybridized carbons (Fsp3) is 0.917. The summed E-state index contributed by atoms with van der Waals surface area (Å²) in [5.41, 5.74) is 0.282. The van der Waals surface area contributed by atoms with Gasteiger partial charge in [0.05, 0.1) is 0 Å². The Kier molecular flexibility index (Phi) is 2.59. The molecule has 16 heavy (non-hydrogen) atoms. The predicted molar refractivity (Wildman–Crippen MR) is 63.9 cm³/mol. The Labute approximate surface area is 98.1 Å². The van der Waals surface area contributed by atoms with Crippen LogP contribution in [0.2, 0.25) is 0 Å². The normalized spacial score (nSPS) is 44.6. The Morgan fingerprint density at radius 3 is 2.00 bits per heavy atom. The smallest absolute Gasteiger partial charge is 0.211 e. The molecule has 0 aromatic rings. The zero-order valence-corrected chi connectivity index (χ0v) is 10.3. The van der Waals surface area contributed by atoms with Crippen molar-refractivity contribution in [3.63, 3.8) is 0 Å². The molecule has 4 rings (SSSR count). The van der Waals surface area contributed by atoms with Gasteiger partial charge in [-0.05, 0) is 56.3 Å². The first kappa shape index (κ1) is 10.8. The fourth-order valence-corrected chi connectivity index (χ4v) is 4.87. The standard InChI is InChI=1S/C12H19NO2S/c14-16(15)2-1-13-12-6-9-3-10(7-12)5-11(4-9)8-12/h2,9-11,13H,1,3-8H2. The molecule has 4 bridgehead atoms. The average molecular weight is 241 g/mol. The molecule has 4 aliphatic carbocycles. The molecule has 0 aromatic carbocycles. The molecule has 0 aromatic heterocycles. The van der Waals surface area contributed by atoms with Gasteiger partial charge in [-0.25, -0.2) is 0 Å². The summed E-state index contributed by atoms with van der Waals surface area (Å²) in [5, 5.41) is 4.86. The van der Waals surface area contributed by atoms with Gasteiger partial charge in [-0.15, -0.1) is 0 Å². The summed E-state index contributed by atoms with van der Waals surface area (Å²) < 4.78 is 21.0. The van der Waals surface area contributed by atoms with Crippen molar-refractivity contribution in [3.05, 3.63) is 0 Å². The van der Waals surface area contributed by atoms with Crippen molar-refractivity contribution in [1.82, 2.24) is 5.32 Å². The second-order valence-electron chi connectivity index (χ2n) is 6.01. The van der Waals surface area contributed by atoms with Crippen LogP contribution in [0.1, 0.15) is 38.5 Å². The molecule has 4 heteroatoms. The molecule has 0 unspecified atom stereocenters. The van der Waals surface area contributed by atoms with Gasteiger partial charge in [0.15, 0.2) is 0 Å². The van der Waals surface area contributed by atoms with Gasteiger partial charge in [0.2, 0.25) is 10.3 Å². The number of hydrogen-bond donors (Lipinski definition) is 1. The third kappa shape index (κ3) is 1.93. The molecular weight excluding hydrogens is 222 g/mol. The topological polar surface area (TPSA) is 46.2 Å². The van der Waals surface area contributed by atoms with Crippen molar-refractivity contribution in [1.29, 1.82) is 0 Å². The van der Waals surface area contributed by atoms with Crippen LogP contribution < -0.4 is 5.32 Å². The highest BCUT2D eigenvalue weighted by molar-refractivity contribution is 7.71. The highest BCUT2D eigenvalue weighted by Gasteiger charge is 2.50. The first-order chi connectivity index (χ1) is 7.65. The van der Waals surface area contributed by atoms with Gasteiger partial charge in [-0.3, -0.25) is 0 Å². The monoisotopic (exact) mass is 241 g/mol. The highest BCUT2D eigenvalue weighted by atomic mass is 32.2. The number of hydrogen-bond acceptors (Lipinski definition) is 3. The molecular formula is C12H19NO2S. The van der Waals surface area contributed by atoms with Crippen LogP contribution in [0, 0.1) is 17.8 Å². The Balaban J connectivity index is 1.71. The first-order valence-electron chi connectivity index (χ1n) is 6.32. The molecule has 1 N–H and O–H groups in total. The van der Waals surface area contributed by atoms with Crippen molar-refractivity contribution in [2.24, 2.45) is 17.8 Å². The van der Waals surface area contributed by atoms with Crippen LogP contribution in [0.25, 0.3) is 0 Å². The fourth-order valence-electron chi connectivity index (χ4n) is 4.65. The maximum atomic E-state index is 10.5. The van der Waals surface area contributed by atoms with Crippen LogP contribution in [0.4, 0.5) is 0 Å². The van der Waals surface area contributed by atoms with Crippen LogP contribution in [0.15, 0.2) is 0 Å². The maximum absolute atomic E-state index is 10.5. The lowest BCUT2D eigenvalue weighted by Gasteiger charge is -2.57. The van der Waals surface area contributed by atoms with Gasteiger partial charge in [-0.1, -0.05) is 0 Å².